The molecule has 0 spiro atoms. The summed E-state index contributed by atoms with van der Waals surface area (Å²) in [6.45, 7) is 0. The predicted molar refractivity (Wildman–Crippen MR) is 72.9 cm³/mol. The van der Waals surface area contributed by atoms with Crippen molar-refractivity contribution in [3.05, 3.63) is 64.0 Å². The molecule has 2 aromatic rings. The minimum atomic E-state index is -0.835. The van der Waals surface area contributed by atoms with Gasteiger partial charge in [0.15, 0.2) is 0 Å². The third-order valence-electron chi connectivity index (χ3n) is 3.57. The molecule has 1 saturated carbocycles. The lowest BCUT2D eigenvalue weighted by Gasteiger charge is -2.23. The molecule has 5 heteroatoms. The maximum Gasteiger partial charge on any atom is 0.346 e. The maximum absolute atomic E-state index is 13.5. The zero-order chi connectivity index (χ0) is 14.8. The van der Waals surface area contributed by atoms with Crippen molar-refractivity contribution in [1.82, 2.24) is 0 Å². The van der Waals surface area contributed by atoms with Crippen LogP contribution in [-0.4, -0.2) is 5.97 Å². The summed E-state index contributed by atoms with van der Waals surface area (Å²) < 4.78 is 23.7. The first kappa shape index (κ1) is 13.5. The lowest BCUT2D eigenvalue weighted by atomic mass is 9.83. The van der Waals surface area contributed by atoms with E-state index in [0.717, 1.165) is 25.3 Å². The van der Waals surface area contributed by atoms with Gasteiger partial charge in [0, 0.05) is 12.0 Å². The Hall–Kier alpha value is -2.43. The molecule has 0 bridgehead atoms. The van der Waals surface area contributed by atoms with Crippen LogP contribution in [0.25, 0.3) is 0 Å². The van der Waals surface area contributed by atoms with Gasteiger partial charge in [0.05, 0.1) is 11.6 Å². The van der Waals surface area contributed by atoms with Crippen molar-refractivity contribution in [2.45, 2.75) is 25.2 Å². The topological polar surface area (TPSA) is 56.5 Å². The number of hydrogen-bond donors (Lipinski definition) is 0. The maximum atomic E-state index is 13.5. The van der Waals surface area contributed by atoms with Gasteiger partial charge in [-0.25, -0.2) is 14.0 Å². The van der Waals surface area contributed by atoms with Crippen molar-refractivity contribution in [2.24, 2.45) is 0 Å². The average Bonchev–Trinajstić information content (AvgIpc) is 2.36. The van der Waals surface area contributed by atoms with Crippen molar-refractivity contribution in [1.29, 1.82) is 0 Å². The first-order valence-corrected chi connectivity index (χ1v) is 6.75. The van der Waals surface area contributed by atoms with Gasteiger partial charge >= 0.3 is 11.6 Å². The second kappa shape index (κ2) is 5.52. The summed E-state index contributed by atoms with van der Waals surface area (Å²) in [6, 6.07) is 8.15. The van der Waals surface area contributed by atoms with E-state index in [1.165, 1.54) is 24.3 Å². The Bertz CT molecular complexity index is 731. The number of esters is 1. The zero-order valence-electron chi connectivity index (χ0n) is 11.2. The van der Waals surface area contributed by atoms with Crippen LogP contribution in [0, 0.1) is 5.82 Å². The van der Waals surface area contributed by atoms with Crippen LogP contribution in [0.2, 0.25) is 0 Å². The highest BCUT2D eigenvalue weighted by atomic mass is 19.1. The highest BCUT2D eigenvalue weighted by Gasteiger charge is 2.23. The lowest BCUT2D eigenvalue weighted by molar-refractivity contribution is 0.0728. The normalized spacial score (nSPS) is 14.5. The van der Waals surface area contributed by atoms with Crippen molar-refractivity contribution < 1.29 is 18.3 Å². The number of halogens is 1. The van der Waals surface area contributed by atoms with Crippen LogP contribution in [0.15, 0.2) is 45.6 Å². The molecule has 4 nitrogen and oxygen atoms in total. The Morgan fingerprint density at radius 1 is 1.24 bits per heavy atom. The summed E-state index contributed by atoms with van der Waals surface area (Å²) in [4.78, 5) is 23.4. The van der Waals surface area contributed by atoms with Gasteiger partial charge < -0.3 is 9.15 Å². The van der Waals surface area contributed by atoms with E-state index < -0.39 is 17.4 Å². The van der Waals surface area contributed by atoms with Crippen LogP contribution in [-0.2, 0) is 0 Å². The fourth-order valence-electron chi connectivity index (χ4n) is 2.21. The van der Waals surface area contributed by atoms with Gasteiger partial charge in [-0.05, 0) is 25.0 Å². The fourth-order valence-corrected chi connectivity index (χ4v) is 2.21. The highest BCUT2D eigenvalue weighted by Crippen LogP contribution is 2.36. The summed E-state index contributed by atoms with van der Waals surface area (Å²) in [5.41, 5.74) is -0.744. The van der Waals surface area contributed by atoms with Crippen LogP contribution in [0.5, 0.6) is 5.75 Å². The standard InChI is InChI=1S/C16H13FO4/c17-13-7-2-1-6-12(13)16(19)20-11-8-14(10-4-3-5-10)21-15(18)9-11/h1-2,6-10H,3-5H2. The van der Waals surface area contributed by atoms with Crippen LogP contribution >= 0.6 is 0 Å². The van der Waals surface area contributed by atoms with E-state index in [-0.39, 0.29) is 17.2 Å². The lowest BCUT2D eigenvalue weighted by Crippen LogP contribution is -2.15. The molecule has 1 heterocycles. The minimum Gasteiger partial charge on any atom is -0.427 e. The SMILES string of the molecule is O=C(Oc1cc(C2CCC2)oc(=O)c1)c1ccccc1F. The van der Waals surface area contributed by atoms with E-state index in [0.29, 0.717) is 5.76 Å². The molecule has 0 unspecified atom stereocenters. The molecule has 1 fully saturated rings. The molecular weight excluding hydrogens is 275 g/mol. The quantitative estimate of drug-likeness (QED) is 0.813. The Labute approximate surface area is 120 Å². The molecule has 1 aromatic carbocycles. The Balaban J connectivity index is 1.84. The number of benzene rings is 1. The molecule has 21 heavy (non-hydrogen) atoms. The van der Waals surface area contributed by atoms with Crippen LogP contribution in [0.3, 0.4) is 0 Å². The largest absolute Gasteiger partial charge is 0.427 e. The fraction of sp³-hybridized carbons (Fsp3) is 0.250. The number of ether oxygens (including phenoxy) is 1. The summed E-state index contributed by atoms with van der Waals surface area (Å²) in [6.07, 6.45) is 2.99. The second-order valence-corrected chi connectivity index (χ2v) is 5.01. The number of carbonyl (C=O) groups is 1. The van der Waals surface area contributed by atoms with Gasteiger partial charge in [0.1, 0.15) is 17.3 Å². The van der Waals surface area contributed by atoms with Crippen LogP contribution < -0.4 is 10.4 Å². The molecule has 3 rings (SSSR count). The number of hydrogen-bond acceptors (Lipinski definition) is 4. The Morgan fingerprint density at radius 3 is 2.67 bits per heavy atom. The minimum absolute atomic E-state index is 0.0846. The smallest absolute Gasteiger partial charge is 0.346 e. The van der Waals surface area contributed by atoms with Crippen molar-refractivity contribution >= 4 is 5.97 Å². The van der Waals surface area contributed by atoms with E-state index in [1.54, 1.807) is 6.07 Å². The van der Waals surface area contributed by atoms with E-state index >= 15 is 0 Å². The van der Waals surface area contributed by atoms with Gasteiger partial charge in [0.25, 0.3) is 0 Å². The predicted octanol–water partition coefficient (Wildman–Crippen LogP) is 3.27. The van der Waals surface area contributed by atoms with Crippen molar-refractivity contribution in [2.75, 3.05) is 0 Å². The molecule has 1 aliphatic rings. The molecule has 0 N–H and O–H groups in total. The van der Waals surface area contributed by atoms with E-state index in [4.69, 9.17) is 9.15 Å². The van der Waals surface area contributed by atoms with Gasteiger partial charge in [-0.2, -0.15) is 0 Å². The third kappa shape index (κ3) is 2.86. The van der Waals surface area contributed by atoms with Gasteiger partial charge in [-0.3, -0.25) is 0 Å². The molecule has 0 radical (unpaired) electrons. The molecule has 1 aromatic heterocycles. The summed E-state index contributed by atoms with van der Waals surface area (Å²) >= 11 is 0. The monoisotopic (exact) mass is 288 g/mol. The Morgan fingerprint density at radius 2 is 2.00 bits per heavy atom. The first-order chi connectivity index (χ1) is 10.1. The Kier molecular flexibility index (Phi) is 3.56. The molecule has 108 valence electrons. The molecule has 0 saturated heterocycles. The van der Waals surface area contributed by atoms with Gasteiger partial charge in [-0.1, -0.05) is 18.6 Å². The molecule has 0 aliphatic heterocycles. The summed E-state index contributed by atoms with van der Waals surface area (Å²) in [5.74, 6) is -0.695. The van der Waals surface area contributed by atoms with Crippen LogP contribution in [0.1, 0.15) is 41.3 Å². The highest BCUT2D eigenvalue weighted by molar-refractivity contribution is 5.91. The van der Waals surface area contributed by atoms with Crippen molar-refractivity contribution in [3.8, 4) is 5.75 Å². The first-order valence-electron chi connectivity index (χ1n) is 6.75. The number of rotatable bonds is 3. The second-order valence-electron chi connectivity index (χ2n) is 5.01. The van der Waals surface area contributed by atoms with Gasteiger partial charge in [0.2, 0.25) is 0 Å². The summed E-state index contributed by atoms with van der Waals surface area (Å²) in [7, 11) is 0. The van der Waals surface area contributed by atoms with E-state index in [9.17, 15) is 14.0 Å². The molecule has 0 amide bonds. The molecular formula is C16H13FO4. The summed E-state index contributed by atoms with van der Waals surface area (Å²) in [5, 5.41) is 0. The molecule has 0 atom stereocenters. The third-order valence-corrected chi connectivity index (χ3v) is 3.57. The zero-order valence-corrected chi connectivity index (χ0v) is 11.2. The van der Waals surface area contributed by atoms with Crippen molar-refractivity contribution in [3.63, 3.8) is 0 Å². The van der Waals surface area contributed by atoms with E-state index in [2.05, 4.69) is 0 Å². The molecule has 1 aliphatic carbocycles. The average molecular weight is 288 g/mol. The van der Waals surface area contributed by atoms with E-state index in [1.807, 2.05) is 0 Å². The van der Waals surface area contributed by atoms with Gasteiger partial charge in [-0.15, -0.1) is 0 Å². The van der Waals surface area contributed by atoms with Crippen LogP contribution in [0.4, 0.5) is 4.39 Å². The number of carbonyl (C=O) groups excluding carboxylic acids is 1.